The molecule has 96 valence electrons. The third-order valence-electron chi connectivity index (χ3n) is 3.08. The van der Waals surface area contributed by atoms with Crippen molar-refractivity contribution in [2.45, 2.75) is 46.1 Å². The summed E-state index contributed by atoms with van der Waals surface area (Å²) in [7, 11) is 0. The number of halogens is 2. The molecule has 0 fully saturated rings. The SMILES string of the molecule is CC(C)(C)C(N)CCCc1cc(F)ccc1F. The molecule has 0 amide bonds. The molecule has 0 bridgehead atoms. The first-order valence-electron chi connectivity index (χ1n) is 6.00. The van der Waals surface area contributed by atoms with Gasteiger partial charge in [-0.25, -0.2) is 8.78 Å². The first kappa shape index (κ1) is 14.1. The highest BCUT2D eigenvalue weighted by atomic mass is 19.1. The Balaban J connectivity index is 2.49. The van der Waals surface area contributed by atoms with Crippen LogP contribution >= 0.6 is 0 Å². The molecule has 2 N–H and O–H groups in total. The van der Waals surface area contributed by atoms with Crippen molar-refractivity contribution in [3.8, 4) is 0 Å². The van der Waals surface area contributed by atoms with Crippen molar-refractivity contribution in [1.29, 1.82) is 0 Å². The molecule has 0 radical (unpaired) electrons. The second-order valence-corrected chi connectivity index (χ2v) is 5.60. The maximum Gasteiger partial charge on any atom is 0.126 e. The van der Waals surface area contributed by atoms with E-state index in [0.29, 0.717) is 12.0 Å². The predicted molar refractivity (Wildman–Crippen MR) is 66.7 cm³/mol. The summed E-state index contributed by atoms with van der Waals surface area (Å²) in [5.41, 5.74) is 6.51. The maximum absolute atomic E-state index is 13.3. The lowest BCUT2D eigenvalue weighted by atomic mass is 9.84. The lowest BCUT2D eigenvalue weighted by Gasteiger charge is -2.26. The van der Waals surface area contributed by atoms with Crippen LogP contribution in [0.5, 0.6) is 0 Å². The average molecular weight is 241 g/mol. The van der Waals surface area contributed by atoms with Crippen molar-refractivity contribution in [2.24, 2.45) is 11.1 Å². The Hall–Kier alpha value is -0.960. The van der Waals surface area contributed by atoms with Gasteiger partial charge in [-0.1, -0.05) is 20.8 Å². The smallest absolute Gasteiger partial charge is 0.126 e. The molecule has 1 atom stereocenters. The molecule has 3 heteroatoms. The zero-order valence-corrected chi connectivity index (χ0v) is 10.8. The Morgan fingerprint density at radius 3 is 2.47 bits per heavy atom. The Kier molecular flexibility index (Phi) is 4.63. The number of hydrogen-bond donors (Lipinski definition) is 1. The molecular weight excluding hydrogens is 220 g/mol. The minimum absolute atomic E-state index is 0.0560. The Bertz CT molecular complexity index is 369. The number of rotatable bonds is 4. The fraction of sp³-hybridized carbons (Fsp3) is 0.571. The minimum Gasteiger partial charge on any atom is -0.327 e. The average Bonchev–Trinajstić information content (AvgIpc) is 2.21. The summed E-state index contributed by atoms with van der Waals surface area (Å²) in [4.78, 5) is 0. The number of aryl methyl sites for hydroxylation is 1. The summed E-state index contributed by atoms with van der Waals surface area (Å²) in [6.45, 7) is 6.25. The van der Waals surface area contributed by atoms with Crippen LogP contribution in [-0.4, -0.2) is 6.04 Å². The molecule has 1 aromatic carbocycles. The molecule has 17 heavy (non-hydrogen) atoms. The fourth-order valence-electron chi connectivity index (χ4n) is 1.68. The predicted octanol–water partition coefficient (Wildman–Crippen LogP) is 3.66. The number of benzene rings is 1. The van der Waals surface area contributed by atoms with Crippen molar-refractivity contribution in [3.63, 3.8) is 0 Å². The lowest BCUT2D eigenvalue weighted by molar-refractivity contribution is 0.301. The standard InChI is InChI=1S/C14H21F2N/c1-14(2,3)13(17)6-4-5-10-9-11(15)7-8-12(10)16/h7-9,13H,4-6,17H2,1-3H3. The molecule has 1 aromatic rings. The molecule has 1 unspecified atom stereocenters. The first-order valence-corrected chi connectivity index (χ1v) is 6.00. The van der Waals surface area contributed by atoms with Gasteiger partial charge in [-0.3, -0.25) is 0 Å². The Morgan fingerprint density at radius 1 is 1.24 bits per heavy atom. The summed E-state index contributed by atoms with van der Waals surface area (Å²) in [6, 6.07) is 3.66. The van der Waals surface area contributed by atoms with Crippen molar-refractivity contribution < 1.29 is 8.78 Å². The highest BCUT2D eigenvalue weighted by Crippen LogP contribution is 2.22. The van der Waals surface area contributed by atoms with Gasteiger partial charge in [0, 0.05) is 6.04 Å². The highest BCUT2D eigenvalue weighted by Gasteiger charge is 2.19. The van der Waals surface area contributed by atoms with Gasteiger partial charge in [0.15, 0.2) is 0 Å². The summed E-state index contributed by atoms with van der Waals surface area (Å²) in [5.74, 6) is -0.725. The van der Waals surface area contributed by atoms with E-state index in [4.69, 9.17) is 5.73 Å². The molecule has 1 rings (SSSR count). The van der Waals surface area contributed by atoms with Crippen LogP contribution in [0, 0.1) is 17.0 Å². The Morgan fingerprint density at radius 2 is 1.88 bits per heavy atom. The van der Waals surface area contributed by atoms with E-state index in [9.17, 15) is 8.78 Å². The first-order chi connectivity index (χ1) is 7.80. The van der Waals surface area contributed by atoms with Gasteiger partial charge < -0.3 is 5.73 Å². The van der Waals surface area contributed by atoms with E-state index in [1.165, 1.54) is 12.1 Å². The highest BCUT2D eigenvalue weighted by molar-refractivity contribution is 5.18. The van der Waals surface area contributed by atoms with Gasteiger partial charge >= 0.3 is 0 Å². The molecule has 0 spiro atoms. The van der Waals surface area contributed by atoms with Crippen LogP contribution in [0.1, 0.15) is 39.2 Å². The molecule has 0 heterocycles. The van der Waals surface area contributed by atoms with Crippen LogP contribution in [0.3, 0.4) is 0 Å². The second-order valence-electron chi connectivity index (χ2n) is 5.60. The largest absolute Gasteiger partial charge is 0.327 e. The van der Waals surface area contributed by atoms with E-state index in [1.807, 2.05) is 0 Å². The molecule has 0 saturated heterocycles. The zero-order chi connectivity index (χ0) is 13.1. The normalized spacial score (nSPS) is 13.8. The van der Waals surface area contributed by atoms with E-state index >= 15 is 0 Å². The van der Waals surface area contributed by atoms with Gasteiger partial charge in [0.25, 0.3) is 0 Å². The van der Waals surface area contributed by atoms with Crippen molar-refractivity contribution in [1.82, 2.24) is 0 Å². The third-order valence-corrected chi connectivity index (χ3v) is 3.08. The van der Waals surface area contributed by atoms with Crippen LogP contribution in [0.4, 0.5) is 8.78 Å². The summed E-state index contributed by atoms with van der Waals surface area (Å²) in [5, 5.41) is 0. The quantitative estimate of drug-likeness (QED) is 0.855. The van der Waals surface area contributed by atoms with E-state index in [1.54, 1.807) is 0 Å². The summed E-state index contributed by atoms with van der Waals surface area (Å²) in [6.07, 6.45) is 2.13. The minimum atomic E-state index is -0.387. The van der Waals surface area contributed by atoms with Crippen molar-refractivity contribution in [2.75, 3.05) is 0 Å². The molecule has 0 aliphatic heterocycles. The van der Waals surface area contributed by atoms with Crippen LogP contribution in [0.2, 0.25) is 0 Å². The monoisotopic (exact) mass is 241 g/mol. The van der Waals surface area contributed by atoms with Crippen molar-refractivity contribution in [3.05, 3.63) is 35.4 Å². The Labute approximate surface area is 102 Å². The maximum atomic E-state index is 13.3. The lowest BCUT2D eigenvalue weighted by Crippen LogP contribution is -2.34. The molecule has 0 aliphatic carbocycles. The van der Waals surface area contributed by atoms with E-state index in [-0.39, 0.29) is 23.1 Å². The zero-order valence-electron chi connectivity index (χ0n) is 10.8. The number of hydrogen-bond acceptors (Lipinski definition) is 1. The van der Waals surface area contributed by atoms with Gasteiger partial charge in [0.1, 0.15) is 11.6 Å². The van der Waals surface area contributed by atoms with E-state index in [2.05, 4.69) is 20.8 Å². The van der Waals surface area contributed by atoms with Crippen LogP contribution in [0.15, 0.2) is 18.2 Å². The van der Waals surface area contributed by atoms with Gasteiger partial charge in [-0.2, -0.15) is 0 Å². The topological polar surface area (TPSA) is 26.0 Å². The van der Waals surface area contributed by atoms with Crippen LogP contribution in [0.25, 0.3) is 0 Å². The molecule has 0 saturated carbocycles. The number of nitrogens with two attached hydrogens (primary N) is 1. The fourth-order valence-corrected chi connectivity index (χ4v) is 1.68. The molecule has 1 nitrogen and oxygen atoms in total. The van der Waals surface area contributed by atoms with Gasteiger partial charge in [0.2, 0.25) is 0 Å². The van der Waals surface area contributed by atoms with Crippen molar-refractivity contribution >= 4 is 0 Å². The third kappa shape index (κ3) is 4.43. The summed E-state index contributed by atoms with van der Waals surface area (Å²) < 4.78 is 26.3. The molecule has 0 aliphatic rings. The van der Waals surface area contributed by atoms with E-state index in [0.717, 1.165) is 18.9 Å². The van der Waals surface area contributed by atoms with Crippen LogP contribution < -0.4 is 5.73 Å². The molecule has 0 aromatic heterocycles. The summed E-state index contributed by atoms with van der Waals surface area (Å²) >= 11 is 0. The van der Waals surface area contributed by atoms with Gasteiger partial charge in [0.05, 0.1) is 0 Å². The molecular formula is C14H21F2N. The second kappa shape index (κ2) is 5.58. The van der Waals surface area contributed by atoms with Gasteiger partial charge in [-0.15, -0.1) is 0 Å². The van der Waals surface area contributed by atoms with Crippen LogP contribution in [-0.2, 0) is 6.42 Å². The van der Waals surface area contributed by atoms with Gasteiger partial charge in [-0.05, 0) is 48.4 Å². The van der Waals surface area contributed by atoms with E-state index < -0.39 is 0 Å².